The molecule has 0 atom stereocenters. The summed E-state index contributed by atoms with van der Waals surface area (Å²) >= 11 is 0. The van der Waals surface area contributed by atoms with Gasteiger partial charge in [0.2, 0.25) is 0 Å². The zero-order valence-corrected chi connectivity index (χ0v) is 8.49. The van der Waals surface area contributed by atoms with Crippen LogP contribution in [0.4, 0.5) is 0 Å². The first-order valence-corrected chi connectivity index (χ1v) is 5.07. The molecule has 2 nitrogen and oxygen atoms in total. The van der Waals surface area contributed by atoms with Crippen LogP contribution in [-0.4, -0.2) is 17.8 Å². The van der Waals surface area contributed by atoms with E-state index >= 15 is 0 Å². The first kappa shape index (κ1) is 9.53. The van der Waals surface area contributed by atoms with Gasteiger partial charge in [0.25, 0.3) is 0 Å². The maximum atomic E-state index is 9.99. The lowest BCUT2D eigenvalue weighted by Gasteiger charge is -2.36. The summed E-state index contributed by atoms with van der Waals surface area (Å²) in [6.45, 7) is 0. The third-order valence-electron chi connectivity index (χ3n) is 2.95. The highest BCUT2D eigenvalue weighted by Gasteiger charge is 2.34. The van der Waals surface area contributed by atoms with Crippen LogP contribution >= 0.6 is 0 Å². The van der Waals surface area contributed by atoms with E-state index in [1.807, 2.05) is 24.3 Å². The summed E-state index contributed by atoms with van der Waals surface area (Å²) in [6, 6.07) is 7.93. The highest BCUT2D eigenvalue weighted by atomic mass is 16.5. The van der Waals surface area contributed by atoms with Gasteiger partial charge in [-0.05, 0) is 37.0 Å². The molecule has 2 heteroatoms. The van der Waals surface area contributed by atoms with E-state index in [0.29, 0.717) is 0 Å². The van der Waals surface area contributed by atoms with E-state index in [9.17, 15) is 5.11 Å². The average molecular weight is 192 g/mol. The van der Waals surface area contributed by atoms with Gasteiger partial charge in [0.15, 0.2) is 0 Å². The third-order valence-corrected chi connectivity index (χ3v) is 2.95. The maximum Gasteiger partial charge on any atom is 0.119 e. The van der Waals surface area contributed by atoms with Gasteiger partial charge in [-0.3, -0.25) is 0 Å². The SMILES string of the molecule is COc1cccc(CC2(O)CCC2)c1. The Kier molecular flexibility index (Phi) is 2.46. The van der Waals surface area contributed by atoms with Crippen molar-refractivity contribution in [1.82, 2.24) is 0 Å². The summed E-state index contributed by atoms with van der Waals surface area (Å²) in [7, 11) is 1.66. The van der Waals surface area contributed by atoms with Crippen molar-refractivity contribution in [2.75, 3.05) is 7.11 Å². The van der Waals surface area contributed by atoms with Crippen molar-refractivity contribution in [3.63, 3.8) is 0 Å². The summed E-state index contributed by atoms with van der Waals surface area (Å²) in [5, 5.41) is 9.99. The summed E-state index contributed by atoms with van der Waals surface area (Å²) in [5.41, 5.74) is 0.721. The Morgan fingerprint density at radius 3 is 2.79 bits per heavy atom. The fraction of sp³-hybridized carbons (Fsp3) is 0.500. The molecule has 1 aliphatic rings. The van der Waals surface area contributed by atoms with Gasteiger partial charge in [-0.25, -0.2) is 0 Å². The largest absolute Gasteiger partial charge is 0.497 e. The van der Waals surface area contributed by atoms with Gasteiger partial charge < -0.3 is 9.84 Å². The van der Waals surface area contributed by atoms with E-state index < -0.39 is 5.60 Å². The van der Waals surface area contributed by atoms with Crippen molar-refractivity contribution < 1.29 is 9.84 Å². The highest BCUT2D eigenvalue weighted by Crippen LogP contribution is 2.35. The first-order chi connectivity index (χ1) is 6.72. The molecule has 0 unspecified atom stereocenters. The van der Waals surface area contributed by atoms with Crippen LogP contribution < -0.4 is 4.74 Å². The second-order valence-electron chi connectivity index (χ2n) is 4.11. The molecule has 0 saturated heterocycles. The van der Waals surface area contributed by atoms with E-state index in [0.717, 1.165) is 37.0 Å². The lowest BCUT2D eigenvalue weighted by molar-refractivity contribution is -0.0323. The molecule has 0 radical (unpaired) electrons. The number of aliphatic hydroxyl groups is 1. The van der Waals surface area contributed by atoms with Crippen LogP contribution in [0.1, 0.15) is 24.8 Å². The molecule has 1 aliphatic carbocycles. The molecule has 1 saturated carbocycles. The highest BCUT2D eigenvalue weighted by molar-refractivity contribution is 5.29. The minimum absolute atomic E-state index is 0.438. The molecule has 0 bridgehead atoms. The monoisotopic (exact) mass is 192 g/mol. The molecule has 76 valence electrons. The van der Waals surface area contributed by atoms with Crippen LogP contribution in [0.5, 0.6) is 5.75 Å². The zero-order valence-electron chi connectivity index (χ0n) is 8.49. The van der Waals surface area contributed by atoms with Gasteiger partial charge in [0.1, 0.15) is 5.75 Å². The Labute approximate surface area is 84.5 Å². The fourth-order valence-electron chi connectivity index (χ4n) is 1.92. The molecule has 0 amide bonds. The van der Waals surface area contributed by atoms with Crippen molar-refractivity contribution in [1.29, 1.82) is 0 Å². The molecule has 1 aromatic rings. The molecule has 0 aromatic heterocycles. The summed E-state index contributed by atoms with van der Waals surface area (Å²) in [6.07, 6.45) is 3.78. The van der Waals surface area contributed by atoms with Crippen LogP contribution in [-0.2, 0) is 6.42 Å². The summed E-state index contributed by atoms with van der Waals surface area (Å²) < 4.78 is 5.14. The number of ether oxygens (including phenoxy) is 1. The molecule has 1 N–H and O–H groups in total. The van der Waals surface area contributed by atoms with Crippen molar-refractivity contribution in [3.8, 4) is 5.75 Å². The van der Waals surface area contributed by atoms with Crippen molar-refractivity contribution in [2.45, 2.75) is 31.3 Å². The molecule has 14 heavy (non-hydrogen) atoms. The van der Waals surface area contributed by atoms with E-state index in [2.05, 4.69) is 0 Å². The number of methoxy groups -OCH3 is 1. The number of hydrogen-bond donors (Lipinski definition) is 1. The Morgan fingerprint density at radius 1 is 1.43 bits per heavy atom. The molecule has 0 aliphatic heterocycles. The number of rotatable bonds is 3. The lowest BCUT2D eigenvalue weighted by atomic mass is 9.76. The molecular weight excluding hydrogens is 176 g/mol. The van der Waals surface area contributed by atoms with Crippen LogP contribution in [0.15, 0.2) is 24.3 Å². The summed E-state index contributed by atoms with van der Waals surface area (Å²) in [5.74, 6) is 0.866. The quantitative estimate of drug-likeness (QED) is 0.795. The normalized spacial score (nSPS) is 18.7. The van der Waals surface area contributed by atoms with E-state index in [1.54, 1.807) is 7.11 Å². The molecular formula is C12H16O2. The average Bonchev–Trinajstić information content (AvgIpc) is 2.16. The van der Waals surface area contributed by atoms with E-state index in [-0.39, 0.29) is 0 Å². The first-order valence-electron chi connectivity index (χ1n) is 5.07. The molecule has 2 rings (SSSR count). The van der Waals surface area contributed by atoms with E-state index in [1.165, 1.54) is 0 Å². The van der Waals surface area contributed by atoms with Crippen molar-refractivity contribution in [3.05, 3.63) is 29.8 Å². The number of benzene rings is 1. The lowest BCUT2D eigenvalue weighted by Crippen LogP contribution is -2.38. The molecule has 0 heterocycles. The second-order valence-corrected chi connectivity index (χ2v) is 4.11. The van der Waals surface area contributed by atoms with Gasteiger partial charge >= 0.3 is 0 Å². The third kappa shape index (κ3) is 1.90. The predicted molar refractivity (Wildman–Crippen MR) is 55.5 cm³/mol. The zero-order chi connectivity index (χ0) is 10.0. The molecule has 0 spiro atoms. The van der Waals surface area contributed by atoms with Gasteiger partial charge in [-0.1, -0.05) is 12.1 Å². The topological polar surface area (TPSA) is 29.5 Å². The van der Waals surface area contributed by atoms with Gasteiger partial charge in [-0.15, -0.1) is 0 Å². The summed E-state index contributed by atoms with van der Waals surface area (Å²) in [4.78, 5) is 0. The maximum absolute atomic E-state index is 9.99. The van der Waals surface area contributed by atoms with Crippen LogP contribution in [0.3, 0.4) is 0 Å². The predicted octanol–water partition coefficient (Wildman–Crippen LogP) is 2.15. The Hall–Kier alpha value is -1.02. The van der Waals surface area contributed by atoms with Crippen LogP contribution in [0.25, 0.3) is 0 Å². The van der Waals surface area contributed by atoms with Crippen LogP contribution in [0.2, 0.25) is 0 Å². The van der Waals surface area contributed by atoms with E-state index in [4.69, 9.17) is 4.74 Å². The Morgan fingerprint density at radius 2 is 2.21 bits per heavy atom. The Balaban J connectivity index is 2.08. The minimum atomic E-state index is -0.438. The number of hydrogen-bond acceptors (Lipinski definition) is 2. The van der Waals surface area contributed by atoms with Crippen molar-refractivity contribution in [2.24, 2.45) is 0 Å². The smallest absolute Gasteiger partial charge is 0.119 e. The molecule has 1 aromatic carbocycles. The van der Waals surface area contributed by atoms with Gasteiger partial charge in [-0.2, -0.15) is 0 Å². The Bertz CT molecular complexity index is 316. The van der Waals surface area contributed by atoms with Gasteiger partial charge in [0.05, 0.1) is 12.7 Å². The second kappa shape index (κ2) is 3.62. The van der Waals surface area contributed by atoms with Crippen LogP contribution in [0, 0.1) is 0 Å². The molecule has 1 fully saturated rings. The van der Waals surface area contributed by atoms with Gasteiger partial charge in [0, 0.05) is 6.42 Å². The fourth-order valence-corrected chi connectivity index (χ4v) is 1.92. The van der Waals surface area contributed by atoms with Crippen molar-refractivity contribution >= 4 is 0 Å². The minimum Gasteiger partial charge on any atom is -0.497 e. The standard InChI is InChI=1S/C12H16O2/c1-14-11-5-2-4-10(8-11)9-12(13)6-3-7-12/h2,4-5,8,13H,3,6-7,9H2,1H3.